The maximum Gasteiger partial charge on any atom is 0.338 e. The Morgan fingerprint density at radius 3 is 2.14 bits per heavy atom. The molecule has 0 aromatic carbocycles. The van der Waals surface area contributed by atoms with Gasteiger partial charge < -0.3 is 9.84 Å². The van der Waals surface area contributed by atoms with E-state index < -0.39 is 17.5 Å². The smallest absolute Gasteiger partial charge is 0.338 e. The van der Waals surface area contributed by atoms with Gasteiger partial charge in [0.05, 0.1) is 5.57 Å². The predicted molar refractivity (Wildman–Crippen MR) is 51.8 cm³/mol. The highest BCUT2D eigenvalue weighted by Gasteiger charge is 2.17. The van der Waals surface area contributed by atoms with Gasteiger partial charge in [-0.05, 0) is 26.8 Å². The van der Waals surface area contributed by atoms with Crippen LogP contribution in [0.5, 0.6) is 0 Å². The maximum atomic E-state index is 11.2. The molecule has 0 amide bonds. The van der Waals surface area contributed by atoms with Crippen molar-refractivity contribution in [3.05, 3.63) is 24.3 Å². The zero-order valence-corrected chi connectivity index (χ0v) is 8.53. The molecule has 0 spiro atoms. The minimum absolute atomic E-state index is 0.0160. The highest BCUT2D eigenvalue weighted by Crippen LogP contribution is 2.10. The predicted octanol–water partition coefficient (Wildman–Crippen LogP) is 1.53. The zero-order chi connectivity index (χ0) is 11.4. The van der Waals surface area contributed by atoms with E-state index in [9.17, 15) is 9.59 Å². The Morgan fingerprint density at radius 1 is 1.29 bits per heavy atom. The van der Waals surface area contributed by atoms with Crippen LogP contribution in [0.25, 0.3) is 0 Å². The molecule has 0 atom stereocenters. The van der Waals surface area contributed by atoms with Crippen LogP contribution in [0.15, 0.2) is 24.3 Å². The van der Waals surface area contributed by atoms with Gasteiger partial charge in [0.15, 0.2) is 0 Å². The van der Waals surface area contributed by atoms with E-state index in [4.69, 9.17) is 9.84 Å². The fourth-order valence-electron chi connectivity index (χ4n) is 0.584. The molecule has 0 aliphatic heterocycles. The molecule has 0 fully saturated rings. The summed E-state index contributed by atoms with van der Waals surface area (Å²) in [5, 5.41) is 8.30. The number of carbonyl (C=O) groups is 2. The quantitative estimate of drug-likeness (QED) is 0.424. The lowest BCUT2D eigenvalue weighted by molar-refractivity contribution is -0.149. The molecule has 0 unspecified atom stereocenters. The molecule has 14 heavy (non-hydrogen) atoms. The minimum Gasteiger partial charge on any atom is -0.478 e. The number of ether oxygens (including phenoxy) is 1. The van der Waals surface area contributed by atoms with Gasteiger partial charge in [0.1, 0.15) is 5.60 Å². The van der Waals surface area contributed by atoms with E-state index in [2.05, 4.69) is 6.58 Å². The second-order valence-electron chi connectivity index (χ2n) is 3.70. The third-order valence-corrected chi connectivity index (χ3v) is 1.09. The highest BCUT2D eigenvalue weighted by molar-refractivity contribution is 5.93. The molecule has 4 heteroatoms. The van der Waals surface area contributed by atoms with Gasteiger partial charge in [-0.25, -0.2) is 9.59 Å². The molecule has 0 bridgehead atoms. The summed E-state index contributed by atoms with van der Waals surface area (Å²) in [5.41, 5.74) is -0.584. The molecule has 0 aromatic heterocycles. The van der Waals surface area contributed by atoms with Crippen LogP contribution in [0.3, 0.4) is 0 Å². The van der Waals surface area contributed by atoms with Crippen LogP contribution in [0.4, 0.5) is 0 Å². The Hall–Kier alpha value is -1.58. The lowest BCUT2D eigenvalue weighted by atomic mass is 10.2. The molecule has 1 N–H and O–H groups in total. The third-order valence-electron chi connectivity index (χ3n) is 1.09. The van der Waals surface area contributed by atoms with Crippen molar-refractivity contribution in [1.29, 1.82) is 0 Å². The van der Waals surface area contributed by atoms with Gasteiger partial charge in [-0.2, -0.15) is 0 Å². The van der Waals surface area contributed by atoms with Crippen LogP contribution in [0, 0.1) is 0 Å². The largest absolute Gasteiger partial charge is 0.478 e. The van der Waals surface area contributed by atoms with Gasteiger partial charge in [0, 0.05) is 6.08 Å². The molecule has 4 nitrogen and oxygen atoms in total. The van der Waals surface area contributed by atoms with Crippen LogP contribution >= 0.6 is 0 Å². The SMILES string of the molecule is C=C(C=CC(=O)O)C(=O)OC(C)(C)C. The standard InChI is InChI=1S/C10H14O4/c1-7(5-6-8(11)12)9(13)14-10(2,3)4/h5-6H,1H2,2-4H3,(H,11,12). The second kappa shape index (κ2) is 4.60. The van der Waals surface area contributed by atoms with E-state index >= 15 is 0 Å². The Labute approximate surface area is 82.9 Å². The summed E-state index contributed by atoms with van der Waals surface area (Å²) in [6, 6.07) is 0. The van der Waals surface area contributed by atoms with Gasteiger partial charge in [-0.1, -0.05) is 6.58 Å². The minimum atomic E-state index is -1.13. The Bertz CT molecular complexity index is 281. The molecule has 0 saturated heterocycles. The summed E-state index contributed by atoms with van der Waals surface area (Å²) >= 11 is 0. The molecular formula is C10H14O4. The van der Waals surface area contributed by atoms with Crippen LogP contribution in [-0.2, 0) is 14.3 Å². The van der Waals surface area contributed by atoms with Crippen molar-refractivity contribution in [2.24, 2.45) is 0 Å². The number of carboxylic acid groups (broad SMARTS) is 1. The topological polar surface area (TPSA) is 63.6 Å². The summed E-state index contributed by atoms with van der Waals surface area (Å²) in [4.78, 5) is 21.3. The highest BCUT2D eigenvalue weighted by atomic mass is 16.6. The van der Waals surface area contributed by atoms with Crippen molar-refractivity contribution < 1.29 is 19.4 Å². The van der Waals surface area contributed by atoms with Crippen molar-refractivity contribution in [2.75, 3.05) is 0 Å². The van der Waals surface area contributed by atoms with Crippen molar-refractivity contribution in [1.82, 2.24) is 0 Å². The van der Waals surface area contributed by atoms with Crippen LogP contribution in [0.1, 0.15) is 20.8 Å². The van der Waals surface area contributed by atoms with Gasteiger partial charge >= 0.3 is 11.9 Å². The molecular weight excluding hydrogens is 184 g/mol. The number of esters is 1. The van der Waals surface area contributed by atoms with E-state index in [0.29, 0.717) is 0 Å². The van der Waals surface area contributed by atoms with E-state index in [1.54, 1.807) is 20.8 Å². The van der Waals surface area contributed by atoms with Crippen LogP contribution < -0.4 is 0 Å². The molecule has 78 valence electrons. The normalized spacial score (nSPS) is 11.4. The van der Waals surface area contributed by atoms with Crippen molar-refractivity contribution in [2.45, 2.75) is 26.4 Å². The van der Waals surface area contributed by atoms with E-state index in [0.717, 1.165) is 12.2 Å². The first-order chi connectivity index (χ1) is 6.22. The lowest BCUT2D eigenvalue weighted by Gasteiger charge is -2.19. The summed E-state index contributed by atoms with van der Waals surface area (Å²) in [6.45, 7) is 8.55. The first kappa shape index (κ1) is 12.4. The summed E-state index contributed by atoms with van der Waals surface area (Å²) in [5.74, 6) is -1.75. The molecule has 0 aliphatic rings. The lowest BCUT2D eigenvalue weighted by Crippen LogP contribution is -2.24. The molecule has 0 heterocycles. The average Bonchev–Trinajstić information content (AvgIpc) is 1.96. The van der Waals surface area contributed by atoms with E-state index in [-0.39, 0.29) is 5.57 Å². The monoisotopic (exact) mass is 198 g/mol. The molecule has 0 aromatic rings. The van der Waals surface area contributed by atoms with Gasteiger partial charge in [-0.15, -0.1) is 0 Å². The Morgan fingerprint density at radius 2 is 1.79 bits per heavy atom. The first-order valence-corrected chi connectivity index (χ1v) is 4.05. The summed E-state index contributed by atoms with van der Waals surface area (Å²) in [7, 11) is 0. The first-order valence-electron chi connectivity index (χ1n) is 4.05. The van der Waals surface area contributed by atoms with Gasteiger partial charge in [-0.3, -0.25) is 0 Å². The Balaban J connectivity index is 4.28. The van der Waals surface area contributed by atoms with Crippen LogP contribution in [-0.4, -0.2) is 22.6 Å². The second-order valence-corrected chi connectivity index (χ2v) is 3.70. The zero-order valence-electron chi connectivity index (χ0n) is 8.53. The number of aliphatic carboxylic acids is 1. The fraction of sp³-hybridized carbons (Fsp3) is 0.400. The van der Waals surface area contributed by atoms with Gasteiger partial charge in [0.25, 0.3) is 0 Å². The number of carbonyl (C=O) groups excluding carboxylic acids is 1. The van der Waals surface area contributed by atoms with Crippen molar-refractivity contribution in [3.8, 4) is 0 Å². The fourth-order valence-corrected chi connectivity index (χ4v) is 0.584. The van der Waals surface area contributed by atoms with Crippen molar-refractivity contribution in [3.63, 3.8) is 0 Å². The Kier molecular flexibility index (Phi) is 4.08. The van der Waals surface area contributed by atoms with Gasteiger partial charge in [0.2, 0.25) is 0 Å². The molecule has 0 saturated carbocycles. The van der Waals surface area contributed by atoms with E-state index in [1.165, 1.54) is 0 Å². The van der Waals surface area contributed by atoms with Crippen molar-refractivity contribution >= 4 is 11.9 Å². The molecule has 0 aliphatic carbocycles. The van der Waals surface area contributed by atoms with E-state index in [1.807, 2.05) is 0 Å². The maximum absolute atomic E-state index is 11.2. The number of rotatable bonds is 3. The third kappa shape index (κ3) is 5.99. The van der Waals surface area contributed by atoms with Crippen LogP contribution in [0.2, 0.25) is 0 Å². The average molecular weight is 198 g/mol. The molecule has 0 rings (SSSR count). The number of hydrogen-bond donors (Lipinski definition) is 1. The number of hydrogen-bond acceptors (Lipinski definition) is 3. The molecule has 0 radical (unpaired) electrons. The summed E-state index contributed by atoms with van der Waals surface area (Å²) < 4.78 is 4.95. The summed E-state index contributed by atoms with van der Waals surface area (Å²) in [6.07, 6.45) is 1.95. The number of carboxylic acids is 1.